The molecule has 162 valence electrons. The minimum atomic E-state index is -3.44. The Morgan fingerprint density at radius 1 is 1.14 bits per heavy atom. The van der Waals surface area contributed by atoms with Gasteiger partial charge < -0.3 is 4.57 Å². The van der Waals surface area contributed by atoms with E-state index in [1.807, 2.05) is 6.07 Å². The van der Waals surface area contributed by atoms with Gasteiger partial charge in [0.1, 0.15) is 0 Å². The number of benzene rings is 1. The molecule has 0 fully saturated rings. The predicted molar refractivity (Wildman–Crippen MR) is 119 cm³/mol. The molecule has 0 aliphatic heterocycles. The van der Waals surface area contributed by atoms with Crippen molar-refractivity contribution in [2.45, 2.75) is 61.5 Å². The topological polar surface area (TPSA) is 71.3 Å². The molecular formula is C20H33N5O2S2. The molecule has 1 aromatic heterocycles. The Labute approximate surface area is 179 Å². The molecule has 1 heterocycles. The fourth-order valence-electron chi connectivity index (χ4n) is 3.11. The molecule has 2 aromatic rings. The van der Waals surface area contributed by atoms with E-state index in [-0.39, 0.29) is 6.04 Å². The van der Waals surface area contributed by atoms with Gasteiger partial charge in [0.05, 0.1) is 10.9 Å². The summed E-state index contributed by atoms with van der Waals surface area (Å²) in [5, 5.41) is 9.84. The molecule has 29 heavy (non-hydrogen) atoms. The van der Waals surface area contributed by atoms with Crippen LogP contribution in [0.4, 0.5) is 0 Å². The van der Waals surface area contributed by atoms with E-state index in [0.29, 0.717) is 10.6 Å². The predicted octanol–water partition coefficient (Wildman–Crippen LogP) is 3.63. The van der Waals surface area contributed by atoms with Crippen LogP contribution in [0.25, 0.3) is 0 Å². The number of nitrogens with zero attached hydrogens (tertiary/aromatic N) is 5. The lowest BCUT2D eigenvalue weighted by atomic mass is 10.2. The van der Waals surface area contributed by atoms with Crippen molar-refractivity contribution < 1.29 is 8.42 Å². The zero-order valence-electron chi connectivity index (χ0n) is 18.3. The SMILES string of the molecule is CCCCn1c(SCc2cccc(S(=O)(=O)N(C)C)c2)nnc1C(CC)N(C)C. The highest BCUT2D eigenvalue weighted by Gasteiger charge is 2.22. The van der Waals surface area contributed by atoms with Gasteiger partial charge in [0.25, 0.3) is 0 Å². The number of aromatic nitrogens is 3. The second kappa shape index (κ2) is 10.6. The van der Waals surface area contributed by atoms with E-state index in [1.165, 1.54) is 4.31 Å². The van der Waals surface area contributed by atoms with Gasteiger partial charge >= 0.3 is 0 Å². The molecule has 0 spiro atoms. The van der Waals surface area contributed by atoms with Crippen LogP contribution in [0.3, 0.4) is 0 Å². The van der Waals surface area contributed by atoms with Crippen LogP contribution in [0.1, 0.15) is 50.5 Å². The molecule has 0 amide bonds. The van der Waals surface area contributed by atoms with Crippen LogP contribution < -0.4 is 0 Å². The molecule has 1 atom stereocenters. The molecule has 0 aliphatic rings. The normalized spacial score (nSPS) is 13.4. The number of rotatable bonds is 11. The fourth-order valence-corrected chi connectivity index (χ4v) is 5.00. The maximum atomic E-state index is 12.4. The first-order chi connectivity index (χ1) is 13.7. The van der Waals surface area contributed by atoms with Gasteiger partial charge in [0, 0.05) is 26.4 Å². The third-order valence-corrected chi connectivity index (χ3v) is 7.68. The van der Waals surface area contributed by atoms with Crippen molar-refractivity contribution in [3.05, 3.63) is 35.7 Å². The first kappa shape index (κ1) is 23.9. The lowest BCUT2D eigenvalue weighted by Crippen LogP contribution is -2.23. The van der Waals surface area contributed by atoms with E-state index < -0.39 is 10.0 Å². The molecule has 2 rings (SSSR count). The molecule has 0 N–H and O–H groups in total. The van der Waals surface area contributed by atoms with E-state index in [0.717, 1.165) is 42.4 Å². The van der Waals surface area contributed by atoms with Crippen LogP contribution in [0.2, 0.25) is 0 Å². The monoisotopic (exact) mass is 439 g/mol. The van der Waals surface area contributed by atoms with E-state index in [9.17, 15) is 8.42 Å². The first-order valence-electron chi connectivity index (χ1n) is 9.96. The molecule has 1 aromatic carbocycles. The van der Waals surface area contributed by atoms with Gasteiger partial charge in [-0.2, -0.15) is 0 Å². The Bertz CT molecular complexity index is 894. The molecular weight excluding hydrogens is 406 g/mol. The molecule has 0 radical (unpaired) electrons. The zero-order chi connectivity index (χ0) is 21.6. The maximum absolute atomic E-state index is 12.4. The van der Waals surface area contributed by atoms with Crippen LogP contribution in [-0.4, -0.2) is 60.6 Å². The number of sulfonamides is 1. The van der Waals surface area contributed by atoms with E-state index in [2.05, 4.69) is 47.6 Å². The first-order valence-corrected chi connectivity index (χ1v) is 12.4. The van der Waals surface area contributed by atoms with Crippen molar-refractivity contribution >= 4 is 21.8 Å². The highest BCUT2D eigenvalue weighted by molar-refractivity contribution is 7.98. The largest absolute Gasteiger partial charge is 0.305 e. The fraction of sp³-hybridized carbons (Fsp3) is 0.600. The quantitative estimate of drug-likeness (QED) is 0.498. The standard InChI is InChI=1S/C20H33N5O2S2/c1-7-9-13-25-19(18(8-2)23(3)4)21-22-20(25)28-15-16-11-10-12-17(14-16)29(26,27)24(5)6/h10-12,14,18H,7-9,13,15H2,1-6H3. The number of hydrogen-bond donors (Lipinski definition) is 0. The lowest BCUT2D eigenvalue weighted by Gasteiger charge is -2.23. The Morgan fingerprint density at radius 2 is 1.86 bits per heavy atom. The van der Waals surface area contributed by atoms with Crippen molar-refractivity contribution in [3.63, 3.8) is 0 Å². The number of unbranched alkanes of at least 4 members (excludes halogenated alkanes) is 1. The van der Waals surface area contributed by atoms with E-state index in [4.69, 9.17) is 0 Å². The second-order valence-corrected chi connectivity index (χ2v) is 10.6. The summed E-state index contributed by atoms with van der Waals surface area (Å²) >= 11 is 1.60. The summed E-state index contributed by atoms with van der Waals surface area (Å²) in [7, 11) is 3.78. The second-order valence-electron chi connectivity index (χ2n) is 7.46. The van der Waals surface area contributed by atoms with Crippen LogP contribution in [-0.2, 0) is 22.3 Å². The van der Waals surface area contributed by atoms with Crippen molar-refractivity contribution in [2.24, 2.45) is 0 Å². The van der Waals surface area contributed by atoms with Crippen molar-refractivity contribution in [3.8, 4) is 0 Å². The summed E-state index contributed by atoms with van der Waals surface area (Å²) in [5.74, 6) is 1.64. The van der Waals surface area contributed by atoms with Gasteiger partial charge in [-0.15, -0.1) is 10.2 Å². The summed E-state index contributed by atoms with van der Waals surface area (Å²) in [6, 6.07) is 7.34. The molecule has 1 unspecified atom stereocenters. The van der Waals surface area contributed by atoms with Crippen LogP contribution >= 0.6 is 11.8 Å². The highest BCUT2D eigenvalue weighted by atomic mass is 32.2. The minimum Gasteiger partial charge on any atom is -0.305 e. The Kier molecular flexibility index (Phi) is 8.69. The minimum absolute atomic E-state index is 0.224. The van der Waals surface area contributed by atoms with Crippen molar-refractivity contribution in [1.29, 1.82) is 0 Å². The third-order valence-electron chi connectivity index (χ3n) is 4.83. The maximum Gasteiger partial charge on any atom is 0.242 e. The summed E-state index contributed by atoms with van der Waals surface area (Å²) < 4.78 is 28.2. The Hall–Kier alpha value is -1.42. The van der Waals surface area contributed by atoms with Gasteiger partial charge in [-0.3, -0.25) is 4.90 Å². The smallest absolute Gasteiger partial charge is 0.242 e. The number of thioether (sulfide) groups is 1. The van der Waals surface area contributed by atoms with Gasteiger partial charge in [-0.25, -0.2) is 12.7 Å². The van der Waals surface area contributed by atoms with Crippen LogP contribution in [0, 0.1) is 0 Å². The van der Waals surface area contributed by atoms with Crippen LogP contribution in [0.15, 0.2) is 34.3 Å². The molecule has 0 saturated carbocycles. The van der Waals surface area contributed by atoms with Gasteiger partial charge in [0.15, 0.2) is 11.0 Å². The van der Waals surface area contributed by atoms with Gasteiger partial charge in [0.2, 0.25) is 10.0 Å². The van der Waals surface area contributed by atoms with Crippen molar-refractivity contribution in [2.75, 3.05) is 28.2 Å². The molecule has 0 saturated heterocycles. The molecule has 7 nitrogen and oxygen atoms in total. The number of hydrogen-bond acceptors (Lipinski definition) is 6. The summed E-state index contributed by atoms with van der Waals surface area (Å²) in [6.45, 7) is 5.23. The lowest BCUT2D eigenvalue weighted by molar-refractivity contribution is 0.270. The highest BCUT2D eigenvalue weighted by Crippen LogP contribution is 2.28. The Balaban J connectivity index is 2.25. The summed E-state index contributed by atoms with van der Waals surface area (Å²) in [4.78, 5) is 2.49. The summed E-state index contributed by atoms with van der Waals surface area (Å²) in [5.41, 5.74) is 0.948. The van der Waals surface area contributed by atoms with Crippen molar-refractivity contribution in [1.82, 2.24) is 24.0 Å². The average molecular weight is 440 g/mol. The summed E-state index contributed by atoms with van der Waals surface area (Å²) in [6.07, 6.45) is 3.14. The molecule has 9 heteroatoms. The van der Waals surface area contributed by atoms with E-state index >= 15 is 0 Å². The van der Waals surface area contributed by atoms with Crippen LogP contribution in [0.5, 0.6) is 0 Å². The Morgan fingerprint density at radius 3 is 2.45 bits per heavy atom. The van der Waals surface area contributed by atoms with Gasteiger partial charge in [-0.1, -0.05) is 44.2 Å². The molecule has 0 bridgehead atoms. The average Bonchev–Trinajstić information content (AvgIpc) is 3.07. The van der Waals surface area contributed by atoms with E-state index in [1.54, 1.807) is 44.1 Å². The van der Waals surface area contributed by atoms with Gasteiger partial charge in [-0.05, 0) is 44.6 Å². The third kappa shape index (κ3) is 5.81. The zero-order valence-corrected chi connectivity index (χ0v) is 19.9. The molecule has 0 aliphatic carbocycles.